The molecule has 7 nitrogen and oxygen atoms in total. The lowest BCUT2D eigenvalue weighted by molar-refractivity contribution is -0.0704. The summed E-state index contributed by atoms with van der Waals surface area (Å²) in [5.41, 5.74) is 2.54. The van der Waals surface area contributed by atoms with Gasteiger partial charge in [0.2, 0.25) is 0 Å². The van der Waals surface area contributed by atoms with Gasteiger partial charge in [0.15, 0.2) is 5.96 Å². The van der Waals surface area contributed by atoms with Crippen LogP contribution in [0.4, 0.5) is 0 Å². The molecule has 0 radical (unpaired) electrons. The number of nitrogens with zero attached hydrogens (tertiary/aromatic N) is 2. The Hall–Kier alpha value is -1.67. The largest absolute Gasteiger partial charge is 0.379 e. The lowest BCUT2D eigenvalue weighted by atomic mass is 10.1. The number of ether oxygens (including phenoxy) is 3. The van der Waals surface area contributed by atoms with Gasteiger partial charge in [0.05, 0.1) is 38.6 Å². The van der Waals surface area contributed by atoms with Crippen molar-refractivity contribution in [3.63, 3.8) is 0 Å². The molecule has 0 aromatic heterocycles. The van der Waals surface area contributed by atoms with Crippen molar-refractivity contribution in [2.75, 3.05) is 52.6 Å². The van der Waals surface area contributed by atoms with Gasteiger partial charge in [-0.15, -0.1) is 0 Å². The average molecular weight is 449 g/mol. The fourth-order valence-electron chi connectivity index (χ4n) is 3.74. The molecular formula is C25H44N4O3. The number of hydrogen-bond acceptors (Lipinski definition) is 5. The number of benzene rings is 1. The molecule has 182 valence electrons. The molecule has 2 N–H and O–H groups in total. The first kappa shape index (κ1) is 26.6. The van der Waals surface area contributed by atoms with E-state index in [9.17, 15) is 0 Å². The summed E-state index contributed by atoms with van der Waals surface area (Å²) < 4.78 is 16.9. The minimum Gasteiger partial charge on any atom is -0.379 e. The molecule has 2 atom stereocenters. The topological polar surface area (TPSA) is 67.4 Å². The smallest absolute Gasteiger partial charge is 0.191 e. The van der Waals surface area contributed by atoms with Gasteiger partial charge in [-0.05, 0) is 38.3 Å². The summed E-state index contributed by atoms with van der Waals surface area (Å²) in [5.74, 6) is 0.815. The number of morpholine rings is 1. The highest BCUT2D eigenvalue weighted by molar-refractivity contribution is 5.79. The van der Waals surface area contributed by atoms with Crippen LogP contribution in [0.5, 0.6) is 0 Å². The summed E-state index contributed by atoms with van der Waals surface area (Å²) in [6.45, 7) is 16.4. The van der Waals surface area contributed by atoms with E-state index in [1.165, 1.54) is 11.1 Å². The molecule has 0 spiro atoms. The van der Waals surface area contributed by atoms with Crippen molar-refractivity contribution in [2.45, 2.75) is 65.8 Å². The molecule has 1 saturated heterocycles. The molecule has 1 aliphatic rings. The SMILES string of the molecule is CCCCOCCOCCNC(=NCc1ccc(CN2CC(C)OC(C)C2)cc1)NCC. The Labute approximate surface area is 194 Å². The van der Waals surface area contributed by atoms with Gasteiger partial charge in [0, 0.05) is 39.3 Å². The Morgan fingerprint density at radius 3 is 2.28 bits per heavy atom. The van der Waals surface area contributed by atoms with Crippen LogP contribution < -0.4 is 10.6 Å². The Morgan fingerprint density at radius 1 is 0.969 bits per heavy atom. The number of guanidine groups is 1. The zero-order valence-electron chi connectivity index (χ0n) is 20.6. The number of unbranched alkanes of at least 4 members (excludes halogenated alkanes) is 1. The maximum atomic E-state index is 5.83. The number of hydrogen-bond donors (Lipinski definition) is 2. The molecule has 2 unspecified atom stereocenters. The zero-order valence-corrected chi connectivity index (χ0v) is 20.6. The van der Waals surface area contributed by atoms with Crippen LogP contribution in [0.15, 0.2) is 29.3 Å². The average Bonchev–Trinajstić information content (AvgIpc) is 2.76. The summed E-state index contributed by atoms with van der Waals surface area (Å²) in [4.78, 5) is 7.17. The second-order valence-corrected chi connectivity index (χ2v) is 8.47. The minimum absolute atomic E-state index is 0.300. The summed E-state index contributed by atoms with van der Waals surface area (Å²) in [7, 11) is 0. The van der Waals surface area contributed by atoms with E-state index in [-0.39, 0.29) is 0 Å². The van der Waals surface area contributed by atoms with Gasteiger partial charge < -0.3 is 24.8 Å². The molecular weight excluding hydrogens is 404 g/mol. The molecule has 1 heterocycles. The van der Waals surface area contributed by atoms with Gasteiger partial charge in [-0.1, -0.05) is 37.6 Å². The Bertz CT molecular complexity index is 629. The molecule has 0 bridgehead atoms. The van der Waals surface area contributed by atoms with Crippen molar-refractivity contribution in [2.24, 2.45) is 4.99 Å². The van der Waals surface area contributed by atoms with Crippen LogP contribution in [0.2, 0.25) is 0 Å². The second-order valence-electron chi connectivity index (χ2n) is 8.47. The number of aliphatic imine (C=N–C) groups is 1. The van der Waals surface area contributed by atoms with E-state index in [0.717, 1.165) is 58.1 Å². The molecule has 7 heteroatoms. The molecule has 32 heavy (non-hydrogen) atoms. The Kier molecular flexibility index (Phi) is 13.3. The van der Waals surface area contributed by atoms with Crippen molar-refractivity contribution >= 4 is 5.96 Å². The van der Waals surface area contributed by atoms with E-state index in [0.29, 0.717) is 38.6 Å². The Morgan fingerprint density at radius 2 is 1.62 bits per heavy atom. The summed E-state index contributed by atoms with van der Waals surface area (Å²) >= 11 is 0. The number of nitrogens with one attached hydrogen (secondary N) is 2. The highest BCUT2D eigenvalue weighted by Gasteiger charge is 2.21. The molecule has 1 aromatic carbocycles. The van der Waals surface area contributed by atoms with Crippen LogP contribution in [-0.2, 0) is 27.3 Å². The normalized spacial score (nSPS) is 19.8. The van der Waals surface area contributed by atoms with Crippen LogP contribution in [0.1, 0.15) is 51.7 Å². The molecule has 2 rings (SSSR count). The van der Waals surface area contributed by atoms with Gasteiger partial charge in [0.25, 0.3) is 0 Å². The second kappa shape index (κ2) is 16.0. The van der Waals surface area contributed by atoms with Crippen LogP contribution in [0.25, 0.3) is 0 Å². The lowest BCUT2D eigenvalue weighted by Crippen LogP contribution is -2.44. The van der Waals surface area contributed by atoms with Crippen molar-refractivity contribution in [3.8, 4) is 0 Å². The van der Waals surface area contributed by atoms with E-state index in [1.807, 2.05) is 0 Å². The van der Waals surface area contributed by atoms with E-state index in [4.69, 9.17) is 19.2 Å². The quantitative estimate of drug-likeness (QED) is 0.259. The third kappa shape index (κ3) is 11.3. The van der Waals surface area contributed by atoms with Gasteiger partial charge in [0.1, 0.15) is 0 Å². The fraction of sp³-hybridized carbons (Fsp3) is 0.720. The summed E-state index contributed by atoms with van der Waals surface area (Å²) in [6.07, 6.45) is 2.87. The van der Waals surface area contributed by atoms with Gasteiger partial charge in [-0.2, -0.15) is 0 Å². The predicted octanol–water partition coefficient (Wildman–Crippen LogP) is 3.18. The van der Waals surface area contributed by atoms with Crippen molar-refractivity contribution in [1.29, 1.82) is 0 Å². The third-order valence-electron chi connectivity index (χ3n) is 5.24. The standard InChI is InChI=1S/C25H44N4O3/c1-5-7-13-30-15-16-31-14-12-27-25(26-6-2)28-17-23-8-10-24(11-9-23)20-29-18-21(3)32-22(4)19-29/h8-11,21-22H,5-7,12-20H2,1-4H3,(H2,26,27,28). The molecule has 0 amide bonds. The summed E-state index contributed by atoms with van der Waals surface area (Å²) in [6, 6.07) is 8.79. The molecule has 0 saturated carbocycles. The fourth-order valence-corrected chi connectivity index (χ4v) is 3.74. The van der Waals surface area contributed by atoms with Crippen LogP contribution in [0.3, 0.4) is 0 Å². The maximum absolute atomic E-state index is 5.83. The first-order valence-corrected chi connectivity index (χ1v) is 12.2. The monoisotopic (exact) mass is 448 g/mol. The van der Waals surface area contributed by atoms with Crippen LogP contribution in [-0.4, -0.2) is 75.7 Å². The van der Waals surface area contributed by atoms with Gasteiger partial charge in [-0.3, -0.25) is 4.90 Å². The van der Waals surface area contributed by atoms with E-state index in [1.54, 1.807) is 0 Å². The molecule has 1 fully saturated rings. The van der Waals surface area contributed by atoms with Crippen molar-refractivity contribution in [1.82, 2.24) is 15.5 Å². The van der Waals surface area contributed by atoms with Crippen LogP contribution >= 0.6 is 0 Å². The predicted molar refractivity (Wildman–Crippen MR) is 131 cm³/mol. The minimum atomic E-state index is 0.300. The number of rotatable bonds is 14. The van der Waals surface area contributed by atoms with E-state index >= 15 is 0 Å². The summed E-state index contributed by atoms with van der Waals surface area (Å²) in [5, 5.41) is 6.62. The van der Waals surface area contributed by atoms with E-state index in [2.05, 4.69) is 67.5 Å². The van der Waals surface area contributed by atoms with Crippen molar-refractivity contribution in [3.05, 3.63) is 35.4 Å². The molecule has 1 aromatic rings. The highest BCUT2D eigenvalue weighted by atomic mass is 16.5. The highest BCUT2D eigenvalue weighted by Crippen LogP contribution is 2.15. The zero-order chi connectivity index (χ0) is 23.0. The first-order chi connectivity index (χ1) is 15.6. The lowest BCUT2D eigenvalue weighted by Gasteiger charge is -2.35. The van der Waals surface area contributed by atoms with Gasteiger partial charge in [-0.25, -0.2) is 4.99 Å². The third-order valence-corrected chi connectivity index (χ3v) is 5.24. The Balaban J connectivity index is 1.69. The molecule has 1 aliphatic heterocycles. The maximum Gasteiger partial charge on any atom is 0.191 e. The van der Waals surface area contributed by atoms with Crippen LogP contribution in [0, 0.1) is 0 Å². The van der Waals surface area contributed by atoms with Gasteiger partial charge >= 0.3 is 0 Å². The first-order valence-electron chi connectivity index (χ1n) is 12.2. The van der Waals surface area contributed by atoms with Crippen molar-refractivity contribution < 1.29 is 14.2 Å². The van der Waals surface area contributed by atoms with E-state index < -0.39 is 0 Å². The molecule has 0 aliphatic carbocycles.